The third kappa shape index (κ3) is 3.13. The first-order chi connectivity index (χ1) is 12.5. The van der Waals surface area contributed by atoms with Crippen molar-refractivity contribution in [2.75, 3.05) is 0 Å². The van der Waals surface area contributed by atoms with Gasteiger partial charge in [-0.05, 0) is 0 Å². The molecule has 28 heavy (non-hydrogen) atoms. The van der Waals surface area contributed by atoms with Gasteiger partial charge in [0.05, 0.1) is 11.1 Å². The first kappa shape index (κ1) is 21.8. The lowest BCUT2D eigenvalue weighted by Gasteiger charge is -2.20. The second-order valence-corrected chi connectivity index (χ2v) is 5.01. The van der Waals surface area contributed by atoms with Crippen molar-refractivity contribution < 1.29 is 61.5 Å². The largest absolute Gasteiger partial charge is 0.420 e. The zero-order chi connectivity index (χ0) is 21.9. The molecule has 0 N–H and O–H groups in total. The van der Waals surface area contributed by atoms with E-state index in [1.165, 1.54) is 0 Å². The quantitative estimate of drug-likeness (QED) is 0.273. The maximum atomic E-state index is 14.1. The molecule has 0 aliphatic rings. The fraction of sp³-hybridized carbons (Fsp3) is 0.143. The highest BCUT2D eigenvalue weighted by molar-refractivity contribution is 5.69. The number of halogens is 14. The zero-order valence-corrected chi connectivity index (χ0v) is 12.3. The molecule has 2 rings (SSSR count). The molecule has 0 bridgehead atoms. The van der Waals surface area contributed by atoms with Gasteiger partial charge in [0, 0.05) is 0 Å². The van der Waals surface area contributed by atoms with E-state index < -0.39 is 81.1 Å². The Hall–Kier alpha value is -2.54. The van der Waals surface area contributed by atoms with E-state index in [-0.39, 0.29) is 0 Å². The third-order valence-corrected chi connectivity index (χ3v) is 3.35. The highest BCUT2D eigenvalue weighted by Crippen LogP contribution is 2.47. The second kappa shape index (κ2) is 6.51. The molecule has 0 amide bonds. The first-order valence-electron chi connectivity index (χ1n) is 6.40. The monoisotopic (exact) mass is 434 g/mol. The molecule has 0 fully saturated rings. The summed E-state index contributed by atoms with van der Waals surface area (Å²) >= 11 is 0. The van der Waals surface area contributed by atoms with Gasteiger partial charge in [-0.25, -0.2) is 35.1 Å². The van der Waals surface area contributed by atoms with Crippen molar-refractivity contribution in [1.82, 2.24) is 0 Å². The summed E-state index contributed by atoms with van der Waals surface area (Å²) < 4.78 is 185. The molecule has 0 radical (unpaired) electrons. The summed E-state index contributed by atoms with van der Waals surface area (Å²) in [5.41, 5.74) is -12.6. The fourth-order valence-corrected chi connectivity index (χ4v) is 2.24. The van der Waals surface area contributed by atoms with Gasteiger partial charge in [0.2, 0.25) is 5.82 Å². The number of benzene rings is 2. The Balaban J connectivity index is 3.17. The average Bonchev–Trinajstić information content (AvgIpc) is 2.55. The van der Waals surface area contributed by atoms with Crippen LogP contribution in [-0.4, -0.2) is 0 Å². The Morgan fingerprint density at radius 1 is 0.321 bits per heavy atom. The maximum absolute atomic E-state index is 14.1. The highest BCUT2D eigenvalue weighted by Gasteiger charge is 2.51. The van der Waals surface area contributed by atoms with Gasteiger partial charge in [0.25, 0.3) is 0 Å². The number of rotatable bonds is 1. The Morgan fingerprint density at radius 2 is 0.571 bits per heavy atom. The minimum atomic E-state index is -6.40. The van der Waals surface area contributed by atoms with Crippen LogP contribution in [0.4, 0.5) is 61.5 Å². The van der Waals surface area contributed by atoms with Gasteiger partial charge in [-0.1, -0.05) is 0 Å². The average molecular weight is 434 g/mol. The molecule has 14 heteroatoms. The summed E-state index contributed by atoms with van der Waals surface area (Å²) in [6.45, 7) is 0. The van der Waals surface area contributed by atoms with Crippen LogP contribution in [-0.2, 0) is 12.4 Å². The Bertz CT molecular complexity index is 937. The molecule has 154 valence electrons. The van der Waals surface area contributed by atoms with Crippen molar-refractivity contribution >= 4 is 0 Å². The van der Waals surface area contributed by atoms with Crippen molar-refractivity contribution in [3.63, 3.8) is 0 Å². The molecule has 0 aliphatic carbocycles. The number of hydrogen-bond acceptors (Lipinski definition) is 0. The lowest BCUT2D eigenvalue weighted by molar-refractivity contribution is -0.165. The van der Waals surface area contributed by atoms with Crippen LogP contribution in [0.1, 0.15) is 11.1 Å². The van der Waals surface area contributed by atoms with E-state index in [0.29, 0.717) is 0 Å². The molecule has 0 saturated heterocycles. The Labute approximate surface area is 144 Å². The minimum Gasteiger partial charge on any atom is -0.206 e. The van der Waals surface area contributed by atoms with Gasteiger partial charge in [0.1, 0.15) is 16.9 Å². The third-order valence-electron chi connectivity index (χ3n) is 3.35. The van der Waals surface area contributed by atoms with Crippen LogP contribution < -0.4 is 0 Å². The van der Waals surface area contributed by atoms with Gasteiger partial charge in [0.15, 0.2) is 34.9 Å². The van der Waals surface area contributed by atoms with Crippen LogP contribution in [0, 0.1) is 46.5 Å². The molecule has 0 aromatic heterocycles. The number of hydrogen-bond donors (Lipinski definition) is 0. The smallest absolute Gasteiger partial charge is 0.206 e. The van der Waals surface area contributed by atoms with Crippen LogP contribution >= 0.6 is 0 Å². The van der Waals surface area contributed by atoms with Crippen LogP contribution in [0.5, 0.6) is 0 Å². The van der Waals surface area contributed by atoms with E-state index in [2.05, 4.69) is 0 Å². The summed E-state index contributed by atoms with van der Waals surface area (Å²) in [7, 11) is 0. The molecule has 0 spiro atoms. The van der Waals surface area contributed by atoms with Crippen LogP contribution in [0.15, 0.2) is 0 Å². The molecule has 2 aromatic carbocycles. The van der Waals surface area contributed by atoms with Crippen molar-refractivity contribution in [3.8, 4) is 11.1 Å². The van der Waals surface area contributed by atoms with E-state index in [9.17, 15) is 61.5 Å². The molecule has 0 heterocycles. The topological polar surface area (TPSA) is 0 Å². The van der Waals surface area contributed by atoms with E-state index in [1.54, 1.807) is 0 Å². The summed E-state index contributed by atoms with van der Waals surface area (Å²) in [4.78, 5) is 0. The predicted molar refractivity (Wildman–Crippen MR) is 61.5 cm³/mol. The summed E-state index contributed by atoms with van der Waals surface area (Å²) in [5, 5.41) is 0. The van der Waals surface area contributed by atoms with Gasteiger partial charge in [-0.3, -0.25) is 0 Å². The highest BCUT2D eigenvalue weighted by atomic mass is 19.4. The normalized spacial score (nSPS) is 12.6. The van der Waals surface area contributed by atoms with Gasteiger partial charge in [-0.2, -0.15) is 26.3 Å². The van der Waals surface area contributed by atoms with Crippen molar-refractivity contribution in [2.24, 2.45) is 0 Å². The number of alkyl halides is 6. The summed E-state index contributed by atoms with van der Waals surface area (Å²) in [5.74, 6) is -25.0. The molecule has 0 unspecified atom stereocenters. The molecule has 0 aliphatic heterocycles. The SMILES string of the molecule is Fc1c(F)c(F)c(-c2c(F)c(F)c(C(F)(F)F)c(C(F)(F)F)c2F)c(F)c1F. The molecule has 0 atom stereocenters. The summed E-state index contributed by atoms with van der Waals surface area (Å²) in [6, 6.07) is 0. The first-order valence-corrected chi connectivity index (χ1v) is 6.40. The van der Waals surface area contributed by atoms with Gasteiger partial charge in [-0.15, -0.1) is 0 Å². The van der Waals surface area contributed by atoms with E-state index in [4.69, 9.17) is 0 Å². The van der Waals surface area contributed by atoms with E-state index in [0.717, 1.165) is 0 Å². The van der Waals surface area contributed by atoms with Crippen LogP contribution in [0.25, 0.3) is 11.1 Å². The standard InChI is InChI=1S/C14F14/c15-5-1(2-7(17)10(20)12(22)11(21)8(2)18)6(16)9(19)4(14(26,27)28)3(5)13(23,24)25. The molecular formula is C14F14. The van der Waals surface area contributed by atoms with Gasteiger partial charge < -0.3 is 0 Å². The van der Waals surface area contributed by atoms with Crippen molar-refractivity contribution in [2.45, 2.75) is 12.4 Å². The molecular weight excluding hydrogens is 434 g/mol. The van der Waals surface area contributed by atoms with Crippen molar-refractivity contribution in [3.05, 3.63) is 57.7 Å². The van der Waals surface area contributed by atoms with Crippen LogP contribution in [0.2, 0.25) is 0 Å². The minimum absolute atomic E-state index is 2.72. The van der Waals surface area contributed by atoms with E-state index >= 15 is 0 Å². The molecule has 0 nitrogen and oxygen atoms in total. The maximum Gasteiger partial charge on any atom is 0.420 e. The fourth-order valence-electron chi connectivity index (χ4n) is 2.24. The zero-order valence-electron chi connectivity index (χ0n) is 12.3. The van der Waals surface area contributed by atoms with Crippen molar-refractivity contribution in [1.29, 1.82) is 0 Å². The molecule has 2 aromatic rings. The van der Waals surface area contributed by atoms with Gasteiger partial charge >= 0.3 is 12.4 Å². The summed E-state index contributed by atoms with van der Waals surface area (Å²) in [6.07, 6.45) is -12.7. The van der Waals surface area contributed by atoms with Crippen LogP contribution in [0.3, 0.4) is 0 Å². The Morgan fingerprint density at radius 3 is 0.929 bits per heavy atom. The second-order valence-electron chi connectivity index (χ2n) is 5.01. The predicted octanol–water partition coefficient (Wildman–Crippen LogP) is 6.50. The lowest BCUT2D eigenvalue weighted by atomic mass is 9.94. The molecule has 0 saturated carbocycles. The Kier molecular flexibility index (Phi) is 5.06. The lowest BCUT2D eigenvalue weighted by Crippen LogP contribution is -2.23. The van der Waals surface area contributed by atoms with E-state index in [1.807, 2.05) is 0 Å².